The van der Waals surface area contributed by atoms with Crippen molar-refractivity contribution in [3.63, 3.8) is 0 Å². The van der Waals surface area contributed by atoms with Gasteiger partial charge in [0.25, 0.3) is 0 Å². The lowest BCUT2D eigenvalue weighted by molar-refractivity contribution is 0.484. The molecule has 0 saturated carbocycles. The number of hydrogen-bond acceptors (Lipinski definition) is 4. The molecule has 1 N–H and O–H groups in total. The highest BCUT2D eigenvalue weighted by Gasteiger charge is 2.10. The predicted octanol–water partition coefficient (Wildman–Crippen LogP) is 3.04. The Kier molecular flexibility index (Phi) is 4.49. The van der Waals surface area contributed by atoms with Crippen LogP contribution in [-0.2, 0) is 6.42 Å². The van der Waals surface area contributed by atoms with Crippen LogP contribution in [0.1, 0.15) is 19.7 Å². The monoisotopic (exact) mass is 309 g/mol. The van der Waals surface area contributed by atoms with Crippen LogP contribution in [-0.4, -0.2) is 22.8 Å². The number of hydrogen-bond donors (Lipinski definition) is 1. The minimum Gasteiger partial charge on any atom is -0.421 e. The number of rotatable bonds is 5. The van der Waals surface area contributed by atoms with Gasteiger partial charge in [-0.05, 0) is 28.1 Å². The van der Waals surface area contributed by atoms with Crippen LogP contribution in [0.5, 0.6) is 0 Å². The Balaban J connectivity index is 2.04. The van der Waals surface area contributed by atoms with E-state index in [9.17, 15) is 0 Å². The van der Waals surface area contributed by atoms with E-state index in [1.54, 1.807) is 0 Å². The van der Waals surface area contributed by atoms with Gasteiger partial charge in [0, 0.05) is 23.5 Å². The maximum Gasteiger partial charge on any atom is 0.248 e. The van der Waals surface area contributed by atoms with Gasteiger partial charge in [0.15, 0.2) is 0 Å². The van der Waals surface area contributed by atoms with Gasteiger partial charge in [0.1, 0.15) is 0 Å². The minimum atomic E-state index is 0.468. The molecule has 18 heavy (non-hydrogen) atoms. The average molecular weight is 310 g/mol. The Bertz CT molecular complexity index is 510. The third-order valence-corrected chi connectivity index (χ3v) is 3.15. The van der Waals surface area contributed by atoms with Crippen molar-refractivity contribution in [2.75, 3.05) is 6.54 Å². The highest BCUT2D eigenvalue weighted by atomic mass is 79.9. The zero-order valence-electron chi connectivity index (χ0n) is 10.5. The Morgan fingerprint density at radius 3 is 2.78 bits per heavy atom. The Morgan fingerprint density at radius 1 is 1.28 bits per heavy atom. The summed E-state index contributed by atoms with van der Waals surface area (Å²) in [6.07, 6.45) is 0.746. The van der Waals surface area contributed by atoms with Crippen molar-refractivity contribution in [1.29, 1.82) is 0 Å². The lowest BCUT2D eigenvalue weighted by atomic mass is 10.2. The summed E-state index contributed by atoms with van der Waals surface area (Å²) in [4.78, 5) is 0. The Labute approximate surface area is 115 Å². The van der Waals surface area contributed by atoms with Gasteiger partial charge in [0.05, 0.1) is 5.56 Å². The van der Waals surface area contributed by atoms with Gasteiger partial charge in [-0.15, -0.1) is 10.2 Å². The first-order valence-electron chi connectivity index (χ1n) is 5.97. The highest BCUT2D eigenvalue weighted by molar-refractivity contribution is 9.10. The lowest BCUT2D eigenvalue weighted by Crippen LogP contribution is -2.25. The van der Waals surface area contributed by atoms with Gasteiger partial charge in [-0.1, -0.05) is 26.0 Å². The van der Waals surface area contributed by atoms with E-state index < -0.39 is 0 Å². The van der Waals surface area contributed by atoms with Crippen LogP contribution in [0.15, 0.2) is 33.2 Å². The molecule has 1 aromatic heterocycles. The van der Waals surface area contributed by atoms with Crippen molar-refractivity contribution in [3.05, 3.63) is 34.6 Å². The van der Waals surface area contributed by atoms with E-state index in [0.29, 0.717) is 17.8 Å². The van der Waals surface area contributed by atoms with E-state index in [2.05, 4.69) is 45.3 Å². The number of nitrogens with zero attached hydrogens (tertiary/aromatic N) is 2. The molecule has 0 aliphatic heterocycles. The number of benzene rings is 1. The summed E-state index contributed by atoms with van der Waals surface area (Å²) in [5.74, 6) is 1.22. The summed E-state index contributed by atoms with van der Waals surface area (Å²) in [7, 11) is 0. The molecule has 0 bridgehead atoms. The Hall–Kier alpha value is -1.20. The average Bonchev–Trinajstić information content (AvgIpc) is 2.78. The van der Waals surface area contributed by atoms with Crippen molar-refractivity contribution in [3.8, 4) is 11.5 Å². The first kappa shape index (κ1) is 13.2. The van der Waals surface area contributed by atoms with Crippen molar-refractivity contribution < 1.29 is 4.42 Å². The van der Waals surface area contributed by atoms with Gasteiger partial charge < -0.3 is 9.73 Å². The van der Waals surface area contributed by atoms with Crippen LogP contribution in [0, 0.1) is 0 Å². The second-order valence-electron chi connectivity index (χ2n) is 4.34. The van der Waals surface area contributed by atoms with E-state index in [1.165, 1.54) is 0 Å². The van der Waals surface area contributed by atoms with Crippen LogP contribution in [0.4, 0.5) is 0 Å². The van der Waals surface area contributed by atoms with Gasteiger partial charge in [-0.2, -0.15) is 0 Å². The largest absolute Gasteiger partial charge is 0.421 e. The number of halogens is 1. The van der Waals surface area contributed by atoms with Crippen molar-refractivity contribution >= 4 is 15.9 Å². The quantitative estimate of drug-likeness (QED) is 0.922. The molecule has 96 valence electrons. The van der Waals surface area contributed by atoms with Crippen LogP contribution >= 0.6 is 15.9 Å². The summed E-state index contributed by atoms with van der Waals surface area (Å²) in [5.41, 5.74) is 0.924. The fourth-order valence-corrected chi connectivity index (χ4v) is 2.02. The normalized spacial score (nSPS) is 11.1. The molecule has 2 rings (SSSR count). The predicted molar refractivity (Wildman–Crippen MR) is 74.3 cm³/mol. The molecule has 1 heterocycles. The van der Waals surface area contributed by atoms with Gasteiger partial charge in [0.2, 0.25) is 11.8 Å². The standard InChI is InChI=1S/C13H16BrN3O/c1-9(2)15-8-7-12-16-17-13(18-12)10-5-3-4-6-11(10)14/h3-6,9,15H,7-8H2,1-2H3. The molecular weight excluding hydrogens is 294 g/mol. The molecule has 0 amide bonds. The van der Waals surface area contributed by atoms with Gasteiger partial charge >= 0.3 is 0 Å². The molecule has 0 spiro atoms. The second-order valence-corrected chi connectivity index (χ2v) is 5.19. The van der Waals surface area contributed by atoms with Crippen LogP contribution in [0.25, 0.3) is 11.5 Å². The Morgan fingerprint density at radius 2 is 2.06 bits per heavy atom. The van der Waals surface area contributed by atoms with Crippen LogP contribution in [0.3, 0.4) is 0 Å². The molecule has 0 aliphatic carbocycles. The minimum absolute atomic E-state index is 0.468. The van der Waals surface area contributed by atoms with Gasteiger partial charge in [-0.3, -0.25) is 0 Å². The molecule has 0 unspecified atom stereocenters. The first-order chi connectivity index (χ1) is 8.66. The molecular formula is C13H16BrN3O. The van der Waals surface area contributed by atoms with Crippen molar-refractivity contribution in [2.45, 2.75) is 26.3 Å². The zero-order chi connectivity index (χ0) is 13.0. The maximum absolute atomic E-state index is 5.64. The van der Waals surface area contributed by atoms with Crippen LogP contribution < -0.4 is 5.32 Å². The molecule has 4 nitrogen and oxygen atoms in total. The van der Waals surface area contributed by atoms with E-state index in [0.717, 1.165) is 23.0 Å². The molecule has 0 fully saturated rings. The SMILES string of the molecule is CC(C)NCCc1nnc(-c2ccccc2Br)o1. The topological polar surface area (TPSA) is 51.0 Å². The number of aromatic nitrogens is 2. The third kappa shape index (κ3) is 3.40. The summed E-state index contributed by atoms with van der Waals surface area (Å²) in [5, 5.41) is 11.4. The van der Waals surface area contributed by atoms with Crippen molar-refractivity contribution in [2.24, 2.45) is 0 Å². The summed E-state index contributed by atoms with van der Waals surface area (Å²) < 4.78 is 6.60. The van der Waals surface area contributed by atoms with Crippen LogP contribution in [0.2, 0.25) is 0 Å². The third-order valence-electron chi connectivity index (χ3n) is 2.46. The lowest BCUT2D eigenvalue weighted by Gasteiger charge is -2.04. The molecule has 0 radical (unpaired) electrons. The molecule has 1 aromatic carbocycles. The number of nitrogens with one attached hydrogen (secondary N) is 1. The molecule has 0 aliphatic rings. The molecule has 0 atom stereocenters. The summed E-state index contributed by atoms with van der Waals surface area (Å²) in [6.45, 7) is 5.07. The van der Waals surface area contributed by atoms with E-state index in [1.807, 2.05) is 24.3 Å². The fraction of sp³-hybridized carbons (Fsp3) is 0.385. The van der Waals surface area contributed by atoms with Crippen molar-refractivity contribution in [1.82, 2.24) is 15.5 Å². The molecule has 0 saturated heterocycles. The maximum atomic E-state index is 5.64. The fourth-order valence-electron chi connectivity index (χ4n) is 1.57. The van der Waals surface area contributed by atoms with E-state index >= 15 is 0 Å². The van der Waals surface area contributed by atoms with E-state index in [-0.39, 0.29) is 0 Å². The molecule has 2 aromatic rings. The molecule has 5 heteroatoms. The second kappa shape index (κ2) is 6.11. The summed E-state index contributed by atoms with van der Waals surface area (Å²) >= 11 is 3.47. The van der Waals surface area contributed by atoms with E-state index in [4.69, 9.17) is 4.42 Å². The highest BCUT2D eigenvalue weighted by Crippen LogP contribution is 2.26. The summed E-state index contributed by atoms with van der Waals surface area (Å²) in [6, 6.07) is 8.28. The zero-order valence-corrected chi connectivity index (χ0v) is 12.1. The first-order valence-corrected chi connectivity index (χ1v) is 6.77. The smallest absolute Gasteiger partial charge is 0.248 e. The van der Waals surface area contributed by atoms with Gasteiger partial charge in [-0.25, -0.2) is 0 Å².